The molecule has 1 fully saturated rings. The van der Waals surface area contributed by atoms with Crippen LogP contribution in [0.2, 0.25) is 0 Å². The van der Waals surface area contributed by atoms with Crippen molar-refractivity contribution in [1.29, 1.82) is 0 Å². The summed E-state index contributed by atoms with van der Waals surface area (Å²) < 4.78 is 32.9. The lowest BCUT2D eigenvalue weighted by Crippen LogP contribution is -2.29. The number of ether oxygens (including phenoxy) is 1. The molecule has 6 nitrogen and oxygen atoms in total. The summed E-state index contributed by atoms with van der Waals surface area (Å²) in [5.41, 5.74) is 0.443. The molecule has 7 heteroatoms. The molecule has 25 heavy (non-hydrogen) atoms. The van der Waals surface area contributed by atoms with Gasteiger partial charge in [0.15, 0.2) is 0 Å². The zero-order valence-corrected chi connectivity index (χ0v) is 15.4. The number of rotatable bonds is 8. The smallest absolute Gasteiger partial charge is 0.253 e. The van der Waals surface area contributed by atoms with Crippen LogP contribution < -0.4 is 4.72 Å². The van der Waals surface area contributed by atoms with E-state index in [1.807, 2.05) is 0 Å². The standard InChI is InChI=1S/C18H26N2O4S/c1-3-13-20(2)18(21)15-7-9-17(10-8-15)25(22,23)19-12-11-16-6-4-5-14-24-16/h3,7-10,16,19H,1,4-6,11-14H2,2H3/t16-/m1/s1. The molecule has 1 aliphatic heterocycles. The predicted octanol–water partition coefficient (Wildman–Crippen LogP) is 2.18. The topological polar surface area (TPSA) is 75.7 Å². The first-order valence-electron chi connectivity index (χ1n) is 8.52. The van der Waals surface area contributed by atoms with E-state index in [2.05, 4.69) is 11.3 Å². The molecule has 0 unspecified atom stereocenters. The summed E-state index contributed by atoms with van der Waals surface area (Å²) in [7, 11) is -1.91. The molecule has 1 aromatic rings. The number of nitrogens with one attached hydrogen (secondary N) is 1. The van der Waals surface area contributed by atoms with E-state index in [-0.39, 0.29) is 16.9 Å². The largest absolute Gasteiger partial charge is 0.378 e. The first-order chi connectivity index (χ1) is 11.9. The fraction of sp³-hybridized carbons (Fsp3) is 0.500. The summed E-state index contributed by atoms with van der Waals surface area (Å²) in [5, 5.41) is 0. The van der Waals surface area contributed by atoms with E-state index in [1.165, 1.54) is 29.2 Å². The lowest BCUT2D eigenvalue weighted by atomic mass is 10.1. The second-order valence-electron chi connectivity index (χ2n) is 6.17. The van der Waals surface area contributed by atoms with Crippen molar-refractivity contribution in [2.45, 2.75) is 36.7 Å². The van der Waals surface area contributed by atoms with Crippen LogP contribution >= 0.6 is 0 Å². The SMILES string of the molecule is C=CCN(C)C(=O)c1ccc(S(=O)(=O)NCC[C@H]2CCCCO2)cc1. The number of hydrogen-bond donors (Lipinski definition) is 1. The van der Waals surface area contributed by atoms with Crippen molar-refractivity contribution in [2.24, 2.45) is 0 Å². The molecule has 1 atom stereocenters. The van der Waals surface area contributed by atoms with Crippen molar-refractivity contribution in [3.05, 3.63) is 42.5 Å². The Kier molecular flexibility index (Phi) is 7.16. The average molecular weight is 366 g/mol. The van der Waals surface area contributed by atoms with Crippen molar-refractivity contribution in [3.8, 4) is 0 Å². The van der Waals surface area contributed by atoms with Crippen molar-refractivity contribution in [1.82, 2.24) is 9.62 Å². The first-order valence-corrected chi connectivity index (χ1v) is 10.00. The average Bonchev–Trinajstić information content (AvgIpc) is 2.62. The van der Waals surface area contributed by atoms with Gasteiger partial charge in [0, 0.05) is 32.3 Å². The van der Waals surface area contributed by atoms with Crippen LogP contribution in [-0.2, 0) is 14.8 Å². The van der Waals surface area contributed by atoms with Crippen LogP contribution in [0.3, 0.4) is 0 Å². The molecule has 0 radical (unpaired) electrons. The van der Waals surface area contributed by atoms with Gasteiger partial charge < -0.3 is 9.64 Å². The van der Waals surface area contributed by atoms with E-state index < -0.39 is 10.0 Å². The van der Waals surface area contributed by atoms with Gasteiger partial charge >= 0.3 is 0 Å². The van der Waals surface area contributed by atoms with E-state index in [0.29, 0.717) is 25.1 Å². The van der Waals surface area contributed by atoms with E-state index >= 15 is 0 Å². The third kappa shape index (κ3) is 5.66. The molecule has 1 aromatic carbocycles. The van der Waals surface area contributed by atoms with E-state index in [0.717, 1.165) is 25.9 Å². The highest BCUT2D eigenvalue weighted by Gasteiger charge is 2.18. The number of nitrogens with zero attached hydrogens (tertiary/aromatic N) is 1. The Hall–Kier alpha value is -1.70. The monoisotopic (exact) mass is 366 g/mol. The van der Waals surface area contributed by atoms with Gasteiger partial charge in [0.1, 0.15) is 0 Å². The molecule has 0 spiro atoms. The zero-order chi connectivity index (χ0) is 18.3. The quantitative estimate of drug-likeness (QED) is 0.716. The molecule has 0 saturated carbocycles. The van der Waals surface area contributed by atoms with E-state index in [4.69, 9.17) is 4.74 Å². The fourth-order valence-corrected chi connectivity index (χ4v) is 3.79. The van der Waals surface area contributed by atoms with Gasteiger partial charge in [0.2, 0.25) is 10.0 Å². The second-order valence-corrected chi connectivity index (χ2v) is 7.94. The number of sulfonamides is 1. The van der Waals surface area contributed by atoms with Gasteiger partial charge in [-0.2, -0.15) is 0 Å². The van der Waals surface area contributed by atoms with E-state index in [9.17, 15) is 13.2 Å². The second kappa shape index (κ2) is 9.12. The van der Waals surface area contributed by atoms with Crippen LogP contribution in [0.1, 0.15) is 36.0 Å². The molecule has 138 valence electrons. The minimum Gasteiger partial charge on any atom is -0.378 e. The van der Waals surface area contributed by atoms with Gasteiger partial charge in [0.05, 0.1) is 11.0 Å². The molecule has 1 amide bonds. The van der Waals surface area contributed by atoms with Crippen molar-refractivity contribution in [2.75, 3.05) is 26.7 Å². The Morgan fingerprint density at radius 2 is 2.08 bits per heavy atom. The molecule has 0 bridgehead atoms. The highest BCUT2D eigenvalue weighted by molar-refractivity contribution is 7.89. The molecule has 2 rings (SSSR count). The van der Waals surface area contributed by atoms with Crippen molar-refractivity contribution in [3.63, 3.8) is 0 Å². The number of carbonyl (C=O) groups is 1. The van der Waals surface area contributed by atoms with Crippen LogP contribution in [-0.4, -0.2) is 52.1 Å². The summed E-state index contributed by atoms with van der Waals surface area (Å²) in [6, 6.07) is 5.96. The summed E-state index contributed by atoms with van der Waals surface area (Å²) in [4.78, 5) is 13.8. The maximum absolute atomic E-state index is 12.3. The molecule has 1 heterocycles. The Morgan fingerprint density at radius 1 is 1.36 bits per heavy atom. The third-order valence-electron chi connectivity index (χ3n) is 4.19. The van der Waals surface area contributed by atoms with Gasteiger partial charge in [-0.25, -0.2) is 13.1 Å². The maximum atomic E-state index is 12.3. The van der Waals surface area contributed by atoms with Gasteiger partial charge in [-0.05, 0) is 49.9 Å². The summed E-state index contributed by atoms with van der Waals surface area (Å²) >= 11 is 0. The Bertz CT molecular complexity index is 680. The zero-order valence-electron chi connectivity index (χ0n) is 14.6. The van der Waals surface area contributed by atoms with Crippen molar-refractivity contribution >= 4 is 15.9 Å². The predicted molar refractivity (Wildman–Crippen MR) is 97.0 cm³/mol. The number of hydrogen-bond acceptors (Lipinski definition) is 4. The molecule has 0 aliphatic carbocycles. The third-order valence-corrected chi connectivity index (χ3v) is 5.67. The Morgan fingerprint density at radius 3 is 2.68 bits per heavy atom. The number of amides is 1. The normalized spacial score (nSPS) is 17.9. The molecule has 1 saturated heterocycles. The number of benzene rings is 1. The Balaban J connectivity index is 1.92. The fourth-order valence-electron chi connectivity index (χ4n) is 2.75. The van der Waals surface area contributed by atoms with Crippen LogP contribution in [0.4, 0.5) is 0 Å². The van der Waals surface area contributed by atoms with Crippen LogP contribution in [0.25, 0.3) is 0 Å². The number of likely N-dealkylation sites (N-methyl/N-ethyl adjacent to an activating group) is 1. The minimum absolute atomic E-state index is 0.136. The highest BCUT2D eigenvalue weighted by atomic mass is 32.2. The van der Waals surface area contributed by atoms with Crippen LogP contribution in [0, 0.1) is 0 Å². The highest BCUT2D eigenvalue weighted by Crippen LogP contribution is 2.16. The molecule has 1 N–H and O–H groups in total. The Labute approximate surface area is 149 Å². The van der Waals surface area contributed by atoms with Crippen LogP contribution in [0.15, 0.2) is 41.8 Å². The van der Waals surface area contributed by atoms with Gasteiger partial charge in [-0.15, -0.1) is 6.58 Å². The van der Waals surface area contributed by atoms with E-state index in [1.54, 1.807) is 13.1 Å². The van der Waals surface area contributed by atoms with Gasteiger partial charge in [0.25, 0.3) is 5.91 Å². The molecular formula is C18H26N2O4S. The summed E-state index contributed by atoms with van der Waals surface area (Å²) in [6.07, 6.45) is 5.63. The molecular weight excluding hydrogens is 340 g/mol. The number of carbonyl (C=O) groups excluding carboxylic acids is 1. The minimum atomic E-state index is -3.58. The van der Waals surface area contributed by atoms with Crippen LogP contribution in [0.5, 0.6) is 0 Å². The van der Waals surface area contributed by atoms with Crippen molar-refractivity contribution < 1.29 is 17.9 Å². The van der Waals surface area contributed by atoms with Gasteiger partial charge in [-0.3, -0.25) is 4.79 Å². The summed E-state index contributed by atoms with van der Waals surface area (Å²) in [5.74, 6) is -0.175. The molecule has 0 aromatic heterocycles. The lowest BCUT2D eigenvalue weighted by Gasteiger charge is -2.22. The maximum Gasteiger partial charge on any atom is 0.253 e. The molecule has 1 aliphatic rings. The van der Waals surface area contributed by atoms with Gasteiger partial charge in [-0.1, -0.05) is 6.08 Å². The summed E-state index contributed by atoms with van der Waals surface area (Å²) in [6.45, 7) is 5.13. The first kappa shape index (κ1) is 19.6. The lowest BCUT2D eigenvalue weighted by molar-refractivity contribution is 0.0123.